The van der Waals surface area contributed by atoms with Gasteiger partial charge in [-0.1, -0.05) is 12.1 Å². The number of nitrogens with zero attached hydrogens (tertiary/aromatic N) is 1. The molecule has 0 aromatic heterocycles. The van der Waals surface area contributed by atoms with Gasteiger partial charge in [-0.15, -0.1) is 11.8 Å². The summed E-state index contributed by atoms with van der Waals surface area (Å²) in [5.41, 5.74) is 3.87. The molecule has 9 heteroatoms. The van der Waals surface area contributed by atoms with Gasteiger partial charge in [0.15, 0.2) is 11.5 Å². The van der Waals surface area contributed by atoms with Gasteiger partial charge in [0.1, 0.15) is 0 Å². The Morgan fingerprint density at radius 1 is 1.17 bits per heavy atom. The maximum absolute atomic E-state index is 12.2. The molecule has 0 bridgehead atoms. The molecule has 1 aliphatic rings. The van der Waals surface area contributed by atoms with Crippen molar-refractivity contribution >= 4 is 35.5 Å². The van der Waals surface area contributed by atoms with Crippen molar-refractivity contribution < 1.29 is 23.8 Å². The molecule has 0 radical (unpaired) electrons. The molecule has 3 rings (SSSR count). The number of hydrogen-bond donors (Lipinski definition) is 2. The van der Waals surface area contributed by atoms with Crippen LogP contribution < -0.4 is 25.0 Å². The van der Waals surface area contributed by atoms with Crippen molar-refractivity contribution in [1.29, 1.82) is 0 Å². The molecule has 1 heterocycles. The van der Waals surface area contributed by atoms with Gasteiger partial charge in [-0.25, -0.2) is 5.43 Å². The summed E-state index contributed by atoms with van der Waals surface area (Å²) in [6.45, 7) is 0. The Balaban J connectivity index is 1.62. The summed E-state index contributed by atoms with van der Waals surface area (Å²) in [5.74, 6) is 0.872. The summed E-state index contributed by atoms with van der Waals surface area (Å²) in [7, 11) is 4.56. The van der Waals surface area contributed by atoms with Gasteiger partial charge < -0.3 is 19.5 Å². The molecule has 29 heavy (non-hydrogen) atoms. The monoisotopic (exact) mass is 415 g/mol. The van der Waals surface area contributed by atoms with Gasteiger partial charge in [0.2, 0.25) is 17.6 Å². The standard InChI is InChI=1S/C20H21N3O5S/c1-26-14-8-12(9-15(27-2)19(14)28-3)11-21-23-18(24)10-17-20(25)22-13-6-4-5-7-16(13)29-17/h4-9,11,17H,10H2,1-3H3,(H,22,25)(H,23,24)/b21-11+. The van der Waals surface area contributed by atoms with Crippen LogP contribution in [0.1, 0.15) is 12.0 Å². The Labute approximate surface area is 172 Å². The van der Waals surface area contributed by atoms with E-state index in [1.807, 2.05) is 24.3 Å². The molecule has 2 N–H and O–H groups in total. The van der Waals surface area contributed by atoms with E-state index in [0.717, 1.165) is 10.6 Å². The van der Waals surface area contributed by atoms with Gasteiger partial charge >= 0.3 is 0 Å². The SMILES string of the molecule is COc1cc(/C=N/NC(=O)CC2Sc3ccccc3NC2=O)cc(OC)c1OC. The van der Waals surface area contributed by atoms with Crippen LogP contribution in [0.25, 0.3) is 0 Å². The molecule has 0 saturated heterocycles. The number of rotatable bonds is 7. The summed E-state index contributed by atoms with van der Waals surface area (Å²) < 4.78 is 15.8. The molecular formula is C20H21N3O5S. The first-order chi connectivity index (χ1) is 14.0. The van der Waals surface area contributed by atoms with E-state index in [0.29, 0.717) is 22.8 Å². The van der Waals surface area contributed by atoms with E-state index in [-0.39, 0.29) is 18.2 Å². The number of fused-ring (bicyclic) bond motifs is 1. The Bertz CT molecular complexity index is 922. The molecule has 0 saturated carbocycles. The van der Waals surface area contributed by atoms with Crippen LogP contribution in [0.5, 0.6) is 17.2 Å². The van der Waals surface area contributed by atoms with Crippen LogP contribution in [-0.4, -0.2) is 44.6 Å². The predicted molar refractivity (Wildman–Crippen MR) is 111 cm³/mol. The number of para-hydroxylation sites is 1. The lowest BCUT2D eigenvalue weighted by molar-refractivity contribution is -0.124. The van der Waals surface area contributed by atoms with Gasteiger partial charge in [0.25, 0.3) is 0 Å². The molecule has 1 unspecified atom stereocenters. The fourth-order valence-electron chi connectivity index (χ4n) is 2.80. The first-order valence-corrected chi connectivity index (χ1v) is 9.62. The lowest BCUT2D eigenvalue weighted by Gasteiger charge is -2.23. The lowest BCUT2D eigenvalue weighted by atomic mass is 10.2. The van der Waals surface area contributed by atoms with Crippen LogP contribution in [0.4, 0.5) is 5.69 Å². The number of hydrazone groups is 1. The van der Waals surface area contributed by atoms with E-state index in [9.17, 15) is 9.59 Å². The molecule has 1 atom stereocenters. The Morgan fingerprint density at radius 2 is 1.86 bits per heavy atom. The zero-order chi connectivity index (χ0) is 20.8. The average Bonchev–Trinajstić information content (AvgIpc) is 2.73. The van der Waals surface area contributed by atoms with Crippen molar-refractivity contribution in [2.75, 3.05) is 26.6 Å². The minimum absolute atomic E-state index is 0.0113. The second-order valence-corrected chi connectivity index (χ2v) is 7.29. The number of benzene rings is 2. The van der Waals surface area contributed by atoms with Crippen LogP contribution >= 0.6 is 11.8 Å². The highest BCUT2D eigenvalue weighted by molar-refractivity contribution is 8.01. The molecule has 0 aliphatic carbocycles. The molecule has 8 nitrogen and oxygen atoms in total. The number of methoxy groups -OCH3 is 3. The first kappa shape index (κ1) is 20.5. The number of nitrogens with one attached hydrogen (secondary N) is 2. The minimum atomic E-state index is -0.513. The number of anilines is 1. The molecule has 2 amide bonds. The largest absolute Gasteiger partial charge is 0.493 e. The fraction of sp³-hybridized carbons (Fsp3) is 0.250. The van der Waals surface area contributed by atoms with Gasteiger partial charge in [0.05, 0.1) is 38.5 Å². The summed E-state index contributed by atoms with van der Waals surface area (Å²) in [6, 6.07) is 10.9. The molecule has 1 aliphatic heterocycles. The highest BCUT2D eigenvalue weighted by Crippen LogP contribution is 2.38. The first-order valence-electron chi connectivity index (χ1n) is 8.74. The van der Waals surface area contributed by atoms with E-state index in [1.54, 1.807) is 12.1 Å². The van der Waals surface area contributed by atoms with Crippen LogP contribution in [0, 0.1) is 0 Å². The highest BCUT2D eigenvalue weighted by Gasteiger charge is 2.28. The molecular weight excluding hydrogens is 394 g/mol. The van der Waals surface area contributed by atoms with Crippen LogP contribution in [-0.2, 0) is 9.59 Å². The third-order valence-electron chi connectivity index (χ3n) is 4.17. The van der Waals surface area contributed by atoms with E-state index in [4.69, 9.17) is 14.2 Å². The molecule has 152 valence electrons. The smallest absolute Gasteiger partial charge is 0.241 e. The van der Waals surface area contributed by atoms with Crippen LogP contribution in [0.15, 0.2) is 46.4 Å². The average molecular weight is 415 g/mol. The normalized spacial score (nSPS) is 15.4. The Morgan fingerprint density at radius 3 is 2.52 bits per heavy atom. The van der Waals surface area contributed by atoms with Crippen molar-refractivity contribution in [3.8, 4) is 17.2 Å². The fourth-order valence-corrected chi connectivity index (χ4v) is 3.91. The van der Waals surface area contributed by atoms with Gasteiger partial charge in [-0.3, -0.25) is 9.59 Å². The van der Waals surface area contributed by atoms with Crippen molar-refractivity contribution in [3.63, 3.8) is 0 Å². The van der Waals surface area contributed by atoms with Gasteiger partial charge in [-0.2, -0.15) is 5.10 Å². The second kappa shape index (κ2) is 9.33. The topological polar surface area (TPSA) is 98.2 Å². The maximum Gasteiger partial charge on any atom is 0.241 e. The molecule has 2 aromatic rings. The number of hydrogen-bond acceptors (Lipinski definition) is 7. The number of ether oxygens (including phenoxy) is 3. The van der Waals surface area contributed by atoms with E-state index in [2.05, 4.69) is 15.8 Å². The summed E-state index contributed by atoms with van der Waals surface area (Å²) in [5, 5.41) is 6.27. The van der Waals surface area contributed by atoms with Gasteiger partial charge in [-0.05, 0) is 24.3 Å². The second-order valence-electron chi connectivity index (χ2n) is 6.05. The third kappa shape index (κ3) is 4.80. The van der Waals surface area contributed by atoms with E-state index >= 15 is 0 Å². The van der Waals surface area contributed by atoms with Crippen molar-refractivity contribution in [3.05, 3.63) is 42.0 Å². The van der Waals surface area contributed by atoms with Crippen LogP contribution in [0.2, 0.25) is 0 Å². The summed E-state index contributed by atoms with van der Waals surface area (Å²) in [6.07, 6.45) is 1.48. The van der Waals surface area contributed by atoms with Crippen molar-refractivity contribution in [1.82, 2.24) is 5.43 Å². The number of thioether (sulfide) groups is 1. The van der Waals surface area contributed by atoms with Gasteiger partial charge in [0, 0.05) is 16.9 Å². The number of amides is 2. The summed E-state index contributed by atoms with van der Waals surface area (Å²) in [4.78, 5) is 25.4. The van der Waals surface area contributed by atoms with Crippen LogP contribution in [0.3, 0.4) is 0 Å². The lowest BCUT2D eigenvalue weighted by Crippen LogP contribution is -2.33. The zero-order valence-corrected chi connectivity index (χ0v) is 17.0. The number of carbonyl (C=O) groups is 2. The molecule has 0 spiro atoms. The van der Waals surface area contributed by atoms with E-state index < -0.39 is 5.25 Å². The van der Waals surface area contributed by atoms with Crippen molar-refractivity contribution in [2.24, 2.45) is 5.10 Å². The minimum Gasteiger partial charge on any atom is -0.493 e. The maximum atomic E-state index is 12.2. The van der Waals surface area contributed by atoms with Crippen molar-refractivity contribution in [2.45, 2.75) is 16.6 Å². The zero-order valence-electron chi connectivity index (χ0n) is 16.2. The number of carbonyl (C=O) groups excluding carboxylic acids is 2. The highest BCUT2D eigenvalue weighted by atomic mass is 32.2. The van der Waals surface area contributed by atoms with E-state index in [1.165, 1.54) is 39.3 Å². The predicted octanol–water partition coefficient (Wildman–Crippen LogP) is 2.67. The Kier molecular flexibility index (Phi) is 6.61. The third-order valence-corrected chi connectivity index (χ3v) is 5.44. The Hall–Kier alpha value is -3.20. The summed E-state index contributed by atoms with van der Waals surface area (Å²) >= 11 is 1.37. The quantitative estimate of drug-likeness (QED) is 0.533. The molecule has 2 aromatic carbocycles. The molecule has 0 fully saturated rings.